The summed E-state index contributed by atoms with van der Waals surface area (Å²) in [6.45, 7) is 1.54. The standard InChI is InChI=1S/C12H20N4O4/c1-16(8-12(17)4-6-20-7-5-12)9-13-10(18-2)15-11(14-9)19-3/h17H,4-8H2,1-3H3. The van der Waals surface area contributed by atoms with E-state index in [9.17, 15) is 5.11 Å². The minimum atomic E-state index is -0.792. The van der Waals surface area contributed by atoms with Crippen molar-refractivity contribution in [3.8, 4) is 12.0 Å². The SMILES string of the molecule is COc1nc(OC)nc(N(C)CC2(O)CCOCC2)n1. The fraction of sp³-hybridized carbons (Fsp3) is 0.750. The van der Waals surface area contributed by atoms with Gasteiger partial charge in [0.1, 0.15) is 0 Å². The molecule has 1 aromatic heterocycles. The van der Waals surface area contributed by atoms with Gasteiger partial charge in [-0.25, -0.2) is 0 Å². The lowest BCUT2D eigenvalue weighted by Crippen LogP contribution is -2.46. The molecule has 0 saturated carbocycles. The molecule has 112 valence electrons. The van der Waals surface area contributed by atoms with Gasteiger partial charge in [0.2, 0.25) is 5.95 Å². The highest BCUT2D eigenvalue weighted by Crippen LogP contribution is 2.23. The van der Waals surface area contributed by atoms with Gasteiger partial charge in [0.15, 0.2) is 0 Å². The number of hydrogen-bond acceptors (Lipinski definition) is 8. The Morgan fingerprint density at radius 3 is 2.20 bits per heavy atom. The number of aliphatic hydroxyl groups is 1. The molecular formula is C12H20N4O4. The number of nitrogens with zero attached hydrogens (tertiary/aromatic N) is 4. The van der Waals surface area contributed by atoms with Gasteiger partial charge in [-0.15, -0.1) is 4.98 Å². The van der Waals surface area contributed by atoms with E-state index in [1.807, 2.05) is 7.05 Å². The van der Waals surface area contributed by atoms with Gasteiger partial charge in [-0.3, -0.25) is 0 Å². The van der Waals surface area contributed by atoms with Crippen LogP contribution in [0.1, 0.15) is 12.8 Å². The lowest BCUT2D eigenvalue weighted by Gasteiger charge is -2.35. The van der Waals surface area contributed by atoms with Crippen LogP contribution >= 0.6 is 0 Å². The van der Waals surface area contributed by atoms with E-state index >= 15 is 0 Å². The Balaban J connectivity index is 2.13. The number of rotatable bonds is 5. The molecule has 1 aliphatic rings. The van der Waals surface area contributed by atoms with Gasteiger partial charge in [0, 0.05) is 39.6 Å². The third-order valence-electron chi connectivity index (χ3n) is 3.24. The predicted molar refractivity (Wildman–Crippen MR) is 71.2 cm³/mol. The second-order valence-electron chi connectivity index (χ2n) is 4.80. The Labute approximate surface area is 117 Å². The van der Waals surface area contributed by atoms with Crippen molar-refractivity contribution in [2.45, 2.75) is 18.4 Å². The van der Waals surface area contributed by atoms with E-state index in [4.69, 9.17) is 14.2 Å². The molecule has 1 aromatic rings. The molecule has 1 fully saturated rings. The molecule has 0 spiro atoms. The summed E-state index contributed by atoms with van der Waals surface area (Å²) in [6, 6.07) is 0.357. The maximum absolute atomic E-state index is 10.5. The zero-order valence-corrected chi connectivity index (χ0v) is 12.0. The first-order valence-corrected chi connectivity index (χ1v) is 6.42. The topological polar surface area (TPSA) is 89.8 Å². The highest BCUT2D eigenvalue weighted by Gasteiger charge is 2.32. The molecule has 0 aromatic carbocycles. The summed E-state index contributed by atoms with van der Waals surface area (Å²) < 4.78 is 15.3. The van der Waals surface area contributed by atoms with E-state index < -0.39 is 5.60 Å². The number of aromatic nitrogens is 3. The summed E-state index contributed by atoms with van der Waals surface area (Å²) in [7, 11) is 4.76. The van der Waals surface area contributed by atoms with Crippen molar-refractivity contribution in [3.05, 3.63) is 0 Å². The smallest absolute Gasteiger partial charge is 0.324 e. The molecule has 0 radical (unpaired) electrons. The monoisotopic (exact) mass is 284 g/mol. The first kappa shape index (κ1) is 14.7. The van der Waals surface area contributed by atoms with Gasteiger partial charge >= 0.3 is 12.0 Å². The van der Waals surface area contributed by atoms with E-state index in [0.29, 0.717) is 38.5 Å². The summed E-state index contributed by atoms with van der Waals surface area (Å²) in [4.78, 5) is 14.0. The quantitative estimate of drug-likeness (QED) is 0.799. The van der Waals surface area contributed by atoms with E-state index in [1.54, 1.807) is 4.90 Å². The average molecular weight is 284 g/mol. The molecule has 8 nitrogen and oxygen atoms in total. The Bertz CT molecular complexity index is 429. The van der Waals surface area contributed by atoms with Gasteiger partial charge in [0.05, 0.1) is 19.8 Å². The molecule has 1 aliphatic heterocycles. The summed E-state index contributed by atoms with van der Waals surface area (Å²) in [5.41, 5.74) is -0.792. The Morgan fingerprint density at radius 1 is 1.15 bits per heavy atom. The molecule has 0 amide bonds. The van der Waals surface area contributed by atoms with Crippen molar-refractivity contribution in [1.29, 1.82) is 0 Å². The van der Waals surface area contributed by atoms with Crippen molar-refractivity contribution in [1.82, 2.24) is 15.0 Å². The molecule has 2 heterocycles. The van der Waals surface area contributed by atoms with Crippen molar-refractivity contribution in [2.24, 2.45) is 0 Å². The van der Waals surface area contributed by atoms with E-state index in [2.05, 4.69) is 15.0 Å². The van der Waals surface area contributed by atoms with Crippen molar-refractivity contribution in [2.75, 3.05) is 45.9 Å². The molecule has 1 N–H and O–H groups in total. The first-order valence-electron chi connectivity index (χ1n) is 6.42. The zero-order chi connectivity index (χ0) is 14.6. The van der Waals surface area contributed by atoms with Crippen LogP contribution in [0, 0.1) is 0 Å². The zero-order valence-electron chi connectivity index (χ0n) is 12.0. The molecule has 0 unspecified atom stereocenters. The second kappa shape index (κ2) is 6.19. The lowest BCUT2D eigenvalue weighted by atomic mass is 9.94. The van der Waals surface area contributed by atoms with Crippen LogP contribution < -0.4 is 14.4 Å². The number of likely N-dealkylation sites (N-methyl/N-ethyl adjacent to an activating group) is 1. The average Bonchev–Trinajstić information content (AvgIpc) is 2.46. The van der Waals surface area contributed by atoms with Crippen LogP contribution in [0.3, 0.4) is 0 Å². The summed E-state index contributed by atoms with van der Waals surface area (Å²) >= 11 is 0. The summed E-state index contributed by atoms with van der Waals surface area (Å²) in [5.74, 6) is 0.397. The van der Waals surface area contributed by atoms with Crippen LogP contribution in [0.5, 0.6) is 12.0 Å². The van der Waals surface area contributed by atoms with Crippen LogP contribution in [-0.4, -0.2) is 66.7 Å². The van der Waals surface area contributed by atoms with Gasteiger partial charge in [0.25, 0.3) is 0 Å². The van der Waals surface area contributed by atoms with E-state index in [1.165, 1.54) is 14.2 Å². The van der Waals surface area contributed by atoms with Crippen molar-refractivity contribution >= 4 is 5.95 Å². The van der Waals surface area contributed by atoms with Gasteiger partial charge in [-0.05, 0) is 0 Å². The largest absolute Gasteiger partial charge is 0.467 e. The van der Waals surface area contributed by atoms with Gasteiger partial charge in [-0.2, -0.15) is 9.97 Å². The summed E-state index contributed by atoms with van der Waals surface area (Å²) in [6.07, 6.45) is 1.19. The maximum atomic E-state index is 10.5. The molecule has 20 heavy (non-hydrogen) atoms. The van der Waals surface area contributed by atoms with Crippen LogP contribution in [-0.2, 0) is 4.74 Å². The van der Waals surface area contributed by atoms with Crippen molar-refractivity contribution in [3.63, 3.8) is 0 Å². The molecule has 1 saturated heterocycles. The van der Waals surface area contributed by atoms with Crippen molar-refractivity contribution < 1.29 is 19.3 Å². The van der Waals surface area contributed by atoms with Crippen LogP contribution in [0.15, 0.2) is 0 Å². The molecular weight excluding hydrogens is 264 g/mol. The number of methoxy groups -OCH3 is 2. The van der Waals surface area contributed by atoms with E-state index in [-0.39, 0.29) is 12.0 Å². The van der Waals surface area contributed by atoms with E-state index in [0.717, 1.165) is 0 Å². The van der Waals surface area contributed by atoms with Crippen LogP contribution in [0.4, 0.5) is 5.95 Å². The summed E-state index contributed by atoms with van der Waals surface area (Å²) in [5, 5.41) is 10.5. The third kappa shape index (κ3) is 3.45. The minimum Gasteiger partial charge on any atom is -0.467 e. The minimum absolute atomic E-state index is 0.178. The molecule has 0 atom stereocenters. The second-order valence-corrected chi connectivity index (χ2v) is 4.80. The Morgan fingerprint density at radius 2 is 1.70 bits per heavy atom. The highest BCUT2D eigenvalue weighted by atomic mass is 16.5. The van der Waals surface area contributed by atoms with Gasteiger partial charge < -0.3 is 24.2 Å². The van der Waals surface area contributed by atoms with Crippen LogP contribution in [0.25, 0.3) is 0 Å². The fourth-order valence-corrected chi connectivity index (χ4v) is 2.10. The molecule has 8 heteroatoms. The maximum Gasteiger partial charge on any atom is 0.324 e. The van der Waals surface area contributed by atoms with Crippen LogP contribution in [0.2, 0.25) is 0 Å². The normalized spacial score (nSPS) is 17.6. The molecule has 0 bridgehead atoms. The lowest BCUT2D eigenvalue weighted by molar-refractivity contribution is -0.0574. The van der Waals surface area contributed by atoms with Gasteiger partial charge in [-0.1, -0.05) is 0 Å². The third-order valence-corrected chi connectivity index (χ3v) is 3.24. The molecule has 0 aliphatic carbocycles. The fourth-order valence-electron chi connectivity index (χ4n) is 2.10. The number of anilines is 1. The Kier molecular flexibility index (Phi) is 4.56. The predicted octanol–water partition coefficient (Wildman–Crippen LogP) is -0.134. The Hall–Kier alpha value is -1.67. The number of ether oxygens (including phenoxy) is 3. The first-order chi connectivity index (χ1) is 9.56. The highest BCUT2D eigenvalue weighted by molar-refractivity contribution is 5.31. The number of hydrogen-bond donors (Lipinski definition) is 1. The molecule has 2 rings (SSSR count).